The van der Waals surface area contributed by atoms with Crippen LogP contribution in [0, 0.1) is 10.8 Å². The fourth-order valence-electron chi connectivity index (χ4n) is 4.93. The molecule has 144 valence electrons. The lowest BCUT2D eigenvalue weighted by Gasteiger charge is -2.36. The number of allylic oxidation sites excluding steroid dienone is 1. The summed E-state index contributed by atoms with van der Waals surface area (Å²) in [4.78, 5) is 1.05. The van der Waals surface area contributed by atoms with Gasteiger partial charge >= 0.3 is 0 Å². The molecule has 0 aromatic heterocycles. The van der Waals surface area contributed by atoms with E-state index < -0.39 is 0 Å². The van der Waals surface area contributed by atoms with Crippen LogP contribution < -0.4 is 0 Å². The molecule has 0 aliphatic carbocycles. The van der Waals surface area contributed by atoms with Crippen LogP contribution in [-0.4, -0.2) is 0 Å². The van der Waals surface area contributed by atoms with Crippen molar-refractivity contribution in [3.05, 3.63) is 66.2 Å². The molecular weight excluding hydrogens is 356 g/mol. The second-order valence-electron chi connectivity index (χ2n) is 9.91. The van der Waals surface area contributed by atoms with E-state index in [9.17, 15) is 0 Å². The van der Waals surface area contributed by atoms with Crippen molar-refractivity contribution in [3.63, 3.8) is 0 Å². The molecule has 28 heavy (non-hydrogen) atoms. The zero-order valence-corrected chi connectivity index (χ0v) is 18.6. The van der Waals surface area contributed by atoms with Gasteiger partial charge in [0, 0.05) is 4.90 Å². The van der Waals surface area contributed by atoms with Gasteiger partial charge < -0.3 is 0 Å². The Morgan fingerprint density at radius 1 is 0.821 bits per heavy atom. The first-order chi connectivity index (χ1) is 13.1. The molecule has 4 aromatic rings. The average molecular weight is 387 g/mol. The van der Waals surface area contributed by atoms with Crippen LogP contribution in [0.4, 0.5) is 0 Å². The van der Waals surface area contributed by atoms with Gasteiger partial charge in [0.2, 0.25) is 0 Å². The first kappa shape index (κ1) is 19.3. The predicted molar refractivity (Wildman–Crippen MR) is 128 cm³/mol. The Morgan fingerprint density at radius 3 is 2.00 bits per heavy atom. The summed E-state index contributed by atoms with van der Waals surface area (Å²) in [5.41, 5.74) is 3.04. The minimum Gasteiger partial charge on any atom is -0.143 e. The van der Waals surface area contributed by atoms with Crippen molar-refractivity contribution in [1.82, 2.24) is 0 Å². The Balaban J connectivity index is 1.87. The SMILES string of the molecule is C=C(C)C(C)(C)CC(C)(C)Cc1ccc2ccc3ccc(S)c4ccc1c2c34. The molecule has 0 heterocycles. The quantitative estimate of drug-likeness (QED) is 0.198. The third kappa shape index (κ3) is 3.20. The minimum atomic E-state index is 0.147. The monoisotopic (exact) mass is 386 g/mol. The highest BCUT2D eigenvalue weighted by atomic mass is 32.1. The molecule has 0 aliphatic heterocycles. The van der Waals surface area contributed by atoms with Crippen molar-refractivity contribution in [2.24, 2.45) is 10.8 Å². The lowest BCUT2D eigenvalue weighted by Crippen LogP contribution is -2.25. The number of hydrogen-bond acceptors (Lipinski definition) is 1. The van der Waals surface area contributed by atoms with E-state index in [0.717, 1.165) is 17.7 Å². The molecule has 0 radical (unpaired) electrons. The number of hydrogen-bond donors (Lipinski definition) is 1. The third-order valence-electron chi connectivity index (χ3n) is 6.48. The Hall–Kier alpha value is -1.99. The van der Waals surface area contributed by atoms with E-state index in [4.69, 9.17) is 12.6 Å². The maximum atomic E-state index is 4.71. The average Bonchev–Trinajstić information content (AvgIpc) is 2.61. The van der Waals surface area contributed by atoms with Crippen molar-refractivity contribution in [3.8, 4) is 0 Å². The summed E-state index contributed by atoms with van der Waals surface area (Å²) in [6.45, 7) is 15.8. The van der Waals surface area contributed by atoms with Crippen LogP contribution in [0.2, 0.25) is 0 Å². The number of benzene rings is 4. The normalized spacial score (nSPS) is 13.1. The Bertz CT molecular complexity index is 1190. The Morgan fingerprint density at radius 2 is 1.36 bits per heavy atom. The summed E-state index contributed by atoms with van der Waals surface area (Å²) in [5.74, 6) is 0. The van der Waals surface area contributed by atoms with E-state index in [1.54, 1.807) is 0 Å². The second kappa shape index (κ2) is 6.52. The summed E-state index contributed by atoms with van der Waals surface area (Å²) in [5, 5.41) is 7.99. The lowest BCUT2D eigenvalue weighted by molar-refractivity contribution is 0.226. The Kier molecular flexibility index (Phi) is 4.50. The summed E-state index contributed by atoms with van der Waals surface area (Å²) in [7, 11) is 0. The molecule has 0 fully saturated rings. The van der Waals surface area contributed by atoms with Crippen molar-refractivity contribution in [2.45, 2.75) is 52.4 Å². The third-order valence-corrected chi connectivity index (χ3v) is 6.87. The van der Waals surface area contributed by atoms with E-state index >= 15 is 0 Å². The van der Waals surface area contributed by atoms with Crippen LogP contribution in [-0.2, 0) is 6.42 Å². The minimum absolute atomic E-state index is 0.147. The highest BCUT2D eigenvalue weighted by Gasteiger charge is 2.30. The molecule has 0 aliphatic rings. The van der Waals surface area contributed by atoms with Crippen molar-refractivity contribution in [2.75, 3.05) is 0 Å². The molecule has 0 unspecified atom stereocenters. The maximum Gasteiger partial charge on any atom is 0.0119 e. The molecule has 0 spiro atoms. The van der Waals surface area contributed by atoms with Crippen LogP contribution in [0.3, 0.4) is 0 Å². The van der Waals surface area contributed by atoms with E-state index in [1.165, 1.54) is 43.5 Å². The van der Waals surface area contributed by atoms with Crippen LogP contribution in [0.5, 0.6) is 0 Å². The summed E-state index contributed by atoms with van der Waals surface area (Å²) >= 11 is 4.71. The van der Waals surface area contributed by atoms with Gasteiger partial charge in [0.05, 0.1) is 0 Å². The topological polar surface area (TPSA) is 0 Å². The van der Waals surface area contributed by atoms with E-state index in [-0.39, 0.29) is 10.8 Å². The predicted octanol–water partition coefficient (Wildman–Crippen LogP) is 8.43. The van der Waals surface area contributed by atoms with Crippen LogP contribution in [0.15, 0.2) is 65.6 Å². The molecule has 0 atom stereocenters. The molecular formula is C27H30S. The zero-order chi connectivity index (χ0) is 20.3. The molecule has 1 heteroatoms. The first-order valence-electron chi connectivity index (χ1n) is 10.1. The van der Waals surface area contributed by atoms with Gasteiger partial charge in [-0.3, -0.25) is 0 Å². The number of rotatable bonds is 5. The van der Waals surface area contributed by atoms with Crippen molar-refractivity contribution < 1.29 is 0 Å². The maximum absolute atomic E-state index is 4.71. The standard InChI is InChI=1S/C27H30S/c1-17(2)27(5,6)16-26(3,4)15-20-10-9-18-7-8-19-11-14-23(28)22-13-12-21(20)24(18)25(19)22/h7-14,28H,1,15-16H2,2-6H3. The highest BCUT2D eigenvalue weighted by molar-refractivity contribution is 7.80. The van der Waals surface area contributed by atoms with Crippen molar-refractivity contribution >= 4 is 44.9 Å². The molecule has 0 amide bonds. The highest BCUT2D eigenvalue weighted by Crippen LogP contribution is 2.43. The smallest absolute Gasteiger partial charge is 0.0119 e. The lowest BCUT2D eigenvalue weighted by atomic mass is 9.69. The van der Waals surface area contributed by atoms with Crippen LogP contribution >= 0.6 is 12.6 Å². The largest absolute Gasteiger partial charge is 0.143 e. The summed E-state index contributed by atoms with van der Waals surface area (Å²) in [6, 6.07) is 18.0. The van der Waals surface area contributed by atoms with Gasteiger partial charge in [0.15, 0.2) is 0 Å². The fraction of sp³-hybridized carbons (Fsp3) is 0.333. The molecule has 4 aromatic carbocycles. The van der Waals surface area contributed by atoms with E-state index in [1.807, 2.05) is 0 Å². The van der Waals surface area contributed by atoms with Gasteiger partial charge in [-0.15, -0.1) is 12.6 Å². The van der Waals surface area contributed by atoms with Crippen LogP contribution in [0.25, 0.3) is 32.3 Å². The van der Waals surface area contributed by atoms with Gasteiger partial charge in [-0.05, 0) is 74.5 Å². The second-order valence-corrected chi connectivity index (χ2v) is 10.4. The van der Waals surface area contributed by atoms with Crippen molar-refractivity contribution in [1.29, 1.82) is 0 Å². The molecule has 0 saturated carbocycles. The van der Waals surface area contributed by atoms with Gasteiger partial charge in [-0.1, -0.05) is 82.3 Å². The van der Waals surface area contributed by atoms with Gasteiger partial charge in [0.25, 0.3) is 0 Å². The zero-order valence-electron chi connectivity index (χ0n) is 17.7. The molecule has 4 rings (SSSR count). The molecule has 0 nitrogen and oxygen atoms in total. The van der Waals surface area contributed by atoms with Gasteiger partial charge in [-0.25, -0.2) is 0 Å². The Labute approximate surface area is 174 Å². The molecule has 0 N–H and O–H groups in total. The fourth-order valence-corrected chi connectivity index (χ4v) is 5.19. The number of thiol groups is 1. The van der Waals surface area contributed by atoms with E-state index in [2.05, 4.69) is 89.7 Å². The van der Waals surface area contributed by atoms with Gasteiger partial charge in [0.1, 0.15) is 0 Å². The first-order valence-corrected chi connectivity index (χ1v) is 10.6. The van der Waals surface area contributed by atoms with Gasteiger partial charge in [-0.2, -0.15) is 0 Å². The van der Waals surface area contributed by atoms with Crippen LogP contribution in [0.1, 0.15) is 46.6 Å². The summed E-state index contributed by atoms with van der Waals surface area (Å²) < 4.78 is 0. The molecule has 0 saturated heterocycles. The van der Waals surface area contributed by atoms with E-state index in [0.29, 0.717) is 0 Å². The molecule has 0 bridgehead atoms. The summed E-state index contributed by atoms with van der Waals surface area (Å²) in [6.07, 6.45) is 2.18.